The maximum Gasteiger partial charge on any atom is 0.263 e. The highest BCUT2D eigenvalue weighted by Gasteiger charge is 2.13. The number of rotatable bonds is 4. The number of hydrogen-bond donors (Lipinski definition) is 2. The van der Waals surface area contributed by atoms with E-state index < -0.39 is 0 Å². The number of carbonyl (C=O) groups is 1. The van der Waals surface area contributed by atoms with E-state index >= 15 is 0 Å². The van der Waals surface area contributed by atoms with E-state index in [1.54, 1.807) is 18.6 Å². The van der Waals surface area contributed by atoms with E-state index in [1.165, 1.54) is 11.3 Å². The predicted molar refractivity (Wildman–Crippen MR) is 67.9 cm³/mol. The van der Waals surface area contributed by atoms with Crippen molar-refractivity contribution in [3.8, 4) is 0 Å². The van der Waals surface area contributed by atoms with Gasteiger partial charge >= 0.3 is 0 Å². The van der Waals surface area contributed by atoms with Crippen molar-refractivity contribution in [2.45, 2.75) is 19.5 Å². The SMILES string of the molecule is CC(Cn1ccnc1)NC(=O)c1sccc1N. The Balaban J connectivity index is 1.93. The van der Waals surface area contributed by atoms with Crippen molar-refractivity contribution in [2.24, 2.45) is 0 Å². The Bertz CT molecular complexity index is 491. The first-order valence-electron chi connectivity index (χ1n) is 5.26. The maximum atomic E-state index is 11.9. The van der Waals surface area contributed by atoms with Gasteiger partial charge in [0.25, 0.3) is 5.91 Å². The van der Waals surface area contributed by atoms with Gasteiger partial charge in [-0.1, -0.05) is 0 Å². The summed E-state index contributed by atoms with van der Waals surface area (Å²) < 4.78 is 1.92. The zero-order chi connectivity index (χ0) is 12.3. The van der Waals surface area contributed by atoms with Crippen LogP contribution in [0.1, 0.15) is 16.6 Å². The Labute approximate surface area is 103 Å². The quantitative estimate of drug-likeness (QED) is 0.860. The lowest BCUT2D eigenvalue weighted by Crippen LogP contribution is -2.35. The highest BCUT2D eigenvalue weighted by atomic mass is 32.1. The summed E-state index contributed by atoms with van der Waals surface area (Å²) in [7, 11) is 0. The van der Waals surface area contributed by atoms with Crippen LogP contribution in [0.5, 0.6) is 0 Å². The van der Waals surface area contributed by atoms with Gasteiger partial charge in [0.05, 0.1) is 12.0 Å². The molecule has 6 heteroatoms. The minimum Gasteiger partial charge on any atom is -0.397 e. The molecule has 0 aliphatic heterocycles. The number of nitrogens with zero attached hydrogens (tertiary/aromatic N) is 2. The number of nitrogens with two attached hydrogens (primary N) is 1. The molecule has 1 atom stereocenters. The number of anilines is 1. The van der Waals surface area contributed by atoms with Gasteiger partial charge in [-0.2, -0.15) is 0 Å². The van der Waals surface area contributed by atoms with E-state index in [4.69, 9.17) is 5.73 Å². The lowest BCUT2D eigenvalue weighted by molar-refractivity contribution is 0.0941. The van der Waals surface area contributed by atoms with E-state index in [1.807, 2.05) is 23.1 Å². The average molecular weight is 250 g/mol. The van der Waals surface area contributed by atoms with Gasteiger partial charge < -0.3 is 15.6 Å². The minimum absolute atomic E-state index is 0.0261. The Morgan fingerprint density at radius 3 is 3.12 bits per heavy atom. The molecule has 2 rings (SSSR count). The summed E-state index contributed by atoms with van der Waals surface area (Å²) in [4.78, 5) is 16.4. The second kappa shape index (κ2) is 5.01. The number of nitrogens with one attached hydrogen (secondary N) is 1. The number of aromatic nitrogens is 2. The Hall–Kier alpha value is -1.82. The van der Waals surface area contributed by atoms with Crippen LogP contribution in [0.4, 0.5) is 5.69 Å². The number of nitrogen functional groups attached to an aromatic ring is 1. The van der Waals surface area contributed by atoms with Crippen LogP contribution >= 0.6 is 11.3 Å². The summed E-state index contributed by atoms with van der Waals surface area (Å²) in [5.41, 5.74) is 6.22. The molecular weight excluding hydrogens is 236 g/mol. The summed E-state index contributed by atoms with van der Waals surface area (Å²) in [5, 5.41) is 4.71. The van der Waals surface area contributed by atoms with Crippen LogP contribution in [0.3, 0.4) is 0 Å². The van der Waals surface area contributed by atoms with Crippen molar-refractivity contribution < 1.29 is 4.79 Å². The molecule has 1 unspecified atom stereocenters. The van der Waals surface area contributed by atoms with Gasteiger partial charge in [0, 0.05) is 25.0 Å². The topological polar surface area (TPSA) is 72.9 Å². The number of carbonyl (C=O) groups excluding carboxylic acids is 1. The molecule has 2 aromatic rings. The minimum atomic E-state index is -0.120. The third kappa shape index (κ3) is 2.85. The molecule has 0 aromatic carbocycles. The third-order valence-electron chi connectivity index (χ3n) is 2.32. The second-order valence-electron chi connectivity index (χ2n) is 3.84. The number of hydrogen-bond acceptors (Lipinski definition) is 4. The molecule has 0 spiro atoms. The van der Waals surface area contributed by atoms with Crippen LogP contribution in [0.25, 0.3) is 0 Å². The van der Waals surface area contributed by atoms with Gasteiger partial charge in [0.2, 0.25) is 0 Å². The summed E-state index contributed by atoms with van der Waals surface area (Å²) in [5.74, 6) is -0.120. The fourth-order valence-corrected chi connectivity index (χ4v) is 2.27. The molecule has 1 amide bonds. The predicted octanol–water partition coefficient (Wildman–Crippen LogP) is 1.35. The Kier molecular flexibility index (Phi) is 3.43. The summed E-state index contributed by atoms with van der Waals surface area (Å²) in [6, 6.07) is 1.76. The molecule has 0 saturated carbocycles. The van der Waals surface area contributed by atoms with E-state index in [9.17, 15) is 4.79 Å². The monoisotopic (exact) mass is 250 g/mol. The Morgan fingerprint density at radius 1 is 1.71 bits per heavy atom. The zero-order valence-electron chi connectivity index (χ0n) is 9.46. The van der Waals surface area contributed by atoms with E-state index in [2.05, 4.69) is 10.3 Å². The highest BCUT2D eigenvalue weighted by molar-refractivity contribution is 7.12. The van der Waals surface area contributed by atoms with Crippen molar-refractivity contribution in [3.63, 3.8) is 0 Å². The molecule has 90 valence electrons. The standard InChI is InChI=1S/C11H14N4OS/c1-8(6-15-4-3-13-7-15)14-11(16)10-9(12)2-5-17-10/h2-5,7-8H,6,12H2,1H3,(H,14,16). The number of imidazole rings is 1. The normalized spacial score (nSPS) is 12.3. The van der Waals surface area contributed by atoms with Gasteiger partial charge in [-0.3, -0.25) is 4.79 Å². The van der Waals surface area contributed by atoms with Crippen LogP contribution < -0.4 is 11.1 Å². The van der Waals surface area contributed by atoms with Crippen molar-refractivity contribution in [2.75, 3.05) is 5.73 Å². The van der Waals surface area contributed by atoms with Crippen LogP contribution in [-0.2, 0) is 6.54 Å². The Morgan fingerprint density at radius 2 is 2.53 bits per heavy atom. The van der Waals surface area contributed by atoms with Crippen molar-refractivity contribution in [1.29, 1.82) is 0 Å². The molecule has 0 bridgehead atoms. The summed E-state index contributed by atoms with van der Waals surface area (Å²) >= 11 is 1.35. The molecule has 0 fully saturated rings. The average Bonchev–Trinajstić information content (AvgIpc) is 2.88. The lowest BCUT2D eigenvalue weighted by atomic mass is 10.3. The van der Waals surface area contributed by atoms with Gasteiger partial charge in [-0.15, -0.1) is 11.3 Å². The molecule has 0 aliphatic carbocycles. The number of thiophene rings is 1. The zero-order valence-corrected chi connectivity index (χ0v) is 10.3. The van der Waals surface area contributed by atoms with E-state index in [0.717, 1.165) is 0 Å². The van der Waals surface area contributed by atoms with Crippen LogP contribution in [-0.4, -0.2) is 21.5 Å². The molecule has 17 heavy (non-hydrogen) atoms. The van der Waals surface area contributed by atoms with Crippen molar-refractivity contribution >= 4 is 22.9 Å². The lowest BCUT2D eigenvalue weighted by Gasteiger charge is -2.13. The molecule has 0 saturated heterocycles. The van der Waals surface area contributed by atoms with Crippen LogP contribution in [0.15, 0.2) is 30.2 Å². The summed E-state index contributed by atoms with van der Waals surface area (Å²) in [6.45, 7) is 2.64. The molecule has 2 heterocycles. The molecule has 0 aliphatic rings. The van der Waals surface area contributed by atoms with Gasteiger partial charge in [-0.05, 0) is 18.4 Å². The highest BCUT2D eigenvalue weighted by Crippen LogP contribution is 2.18. The van der Waals surface area contributed by atoms with Gasteiger partial charge in [-0.25, -0.2) is 4.98 Å². The first-order valence-corrected chi connectivity index (χ1v) is 6.14. The van der Waals surface area contributed by atoms with Crippen molar-refractivity contribution in [3.05, 3.63) is 35.0 Å². The van der Waals surface area contributed by atoms with E-state index in [-0.39, 0.29) is 11.9 Å². The largest absolute Gasteiger partial charge is 0.397 e. The first-order chi connectivity index (χ1) is 8.16. The third-order valence-corrected chi connectivity index (χ3v) is 3.25. The van der Waals surface area contributed by atoms with Crippen LogP contribution in [0, 0.1) is 0 Å². The fourth-order valence-electron chi connectivity index (χ4n) is 1.55. The second-order valence-corrected chi connectivity index (χ2v) is 4.76. The van der Waals surface area contributed by atoms with E-state index in [0.29, 0.717) is 17.1 Å². The maximum absolute atomic E-state index is 11.9. The molecule has 0 radical (unpaired) electrons. The molecule has 5 nitrogen and oxygen atoms in total. The number of amides is 1. The van der Waals surface area contributed by atoms with Gasteiger partial charge in [0.15, 0.2) is 0 Å². The summed E-state index contributed by atoms with van der Waals surface area (Å²) in [6.07, 6.45) is 5.30. The van der Waals surface area contributed by atoms with Crippen molar-refractivity contribution in [1.82, 2.24) is 14.9 Å². The molecule has 3 N–H and O–H groups in total. The van der Waals surface area contributed by atoms with Crippen LogP contribution in [0.2, 0.25) is 0 Å². The first kappa shape index (κ1) is 11.7. The molecule has 2 aromatic heterocycles. The molecular formula is C11H14N4OS. The smallest absolute Gasteiger partial charge is 0.263 e. The van der Waals surface area contributed by atoms with Gasteiger partial charge in [0.1, 0.15) is 4.88 Å². The fraction of sp³-hybridized carbons (Fsp3) is 0.273.